The van der Waals surface area contributed by atoms with Crippen LogP contribution in [0.5, 0.6) is 0 Å². The zero-order valence-electron chi connectivity index (χ0n) is 10.5. The fraction of sp³-hybridized carbons (Fsp3) is 0.909. The van der Waals surface area contributed by atoms with Gasteiger partial charge in [0.1, 0.15) is 0 Å². The first-order valence-electron chi connectivity index (χ1n) is 6.09. The largest absolute Gasteiger partial charge is 0.299 e. The number of rotatable bonds is 5. The van der Waals surface area contributed by atoms with Gasteiger partial charge in [0.15, 0.2) is 5.25 Å². The Morgan fingerprint density at radius 2 is 1.88 bits per heavy atom. The van der Waals surface area contributed by atoms with E-state index in [1.165, 1.54) is 26.2 Å². The molecule has 1 heterocycles. The minimum absolute atomic E-state index is 0.191. The molecule has 2 unspecified atom stereocenters. The molecule has 1 fully saturated rings. The average Bonchev–Trinajstić information content (AvgIpc) is 2.36. The fourth-order valence-electron chi connectivity index (χ4n) is 1.92. The van der Waals surface area contributed by atoms with E-state index in [4.69, 9.17) is 5.26 Å². The molecular weight excluding hydrogens is 238 g/mol. The van der Waals surface area contributed by atoms with Gasteiger partial charge in [-0.15, -0.1) is 0 Å². The summed E-state index contributed by atoms with van der Waals surface area (Å²) < 4.78 is 25.7. The molecule has 1 rings (SSSR count). The molecule has 17 heavy (non-hydrogen) atoms. The number of likely N-dealkylation sites (tertiary alicyclic amines) is 1. The normalized spacial score (nSPS) is 21.7. The van der Waals surface area contributed by atoms with E-state index in [1.807, 2.05) is 6.92 Å². The van der Waals surface area contributed by atoms with Gasteiger partial charge in [-0.05, 0) is 39.8 Å². The van der Waals surface area contributed by atoms with Crippen LogP contribution in [0.4, 0.5) is 0 Å². The average molecular weight is 259 g/mol. The van der Waals surface area contributed by atoms with E-state index in [2.05, 4.69) is 9.62 Å². The predicted molar refractivity (Wildman–Crippen MR) is 66.9 cm³/mol. The zero-order chi connectivity index (χ0) is 12.9. The first-order valence-corrected chi connectivity index (χ1v) is 7.64. The number of hydrogen-bond donors (Lipinski definition) is 1. The van der Waals surface area contributed by atoms with Gasteiger partial charge in [-0.25, -0.2) is 13.1 Å². The Kier molecular flexibility index (Phi) is 5.37. The zero-order valence-corrected chi connectivity index (χ0v) is 11.3. The van der Waals surface area contributed by atoms with Crippen molar-refractivity contribution < 1.29 is 8.42 Å². The Balaban J connectivity index is 2.42. The summed E-state index contributed by atoms with van der Waals surface area (Å²) in [5.74, 6) is 0. The van der Waals surface area contributed by atoms with Gasteiger partial charge in [0.2, 0.25) is 10.0 Å². The summed E-state index contributed by atoms with van der Waals surface area (Å²) in [6.07, 6.45) is 3.64. The highest BCUT2D eigenvalue weighted by molar-refractivity contribution is 7.90. The molecule has 1 aliphatic heterocycles. The summed E-state index contributed by atoms with van der Waals surface area (Å²) in [5.41, 5.74) is 0. The van der Waals surface area contributed by atoms with Crippen LogP contribution in [0, 0.1) is 11.3 Å². The number of nitrogens with one attached hydrogen (secondary N) is 1. The van der Waals surface area contributed by atoms with Crippen LogP contribution in [0.2, 0.25) is 0 Å². The third kappa shape index (κ3) is 4.26. The van der Waals surface area contributed by atoms with E-state index in [0.717, 1.165) is 13.1 Å². The highest BCUT2D eigenvalue weighted by Crippen LogP contribution is 2.11. The summed E-state index contributed by atoms with van der Waals surface area (Å²) in [6, 6.07) is 1.94. The van der Waals surface area contributed by atoms with Crippen molar-refractivity contribution in [1.29, 1.82) is 5.26 Å². The van der Waals surface area contributed by atoms with Gasteiger partial charge in [0.25, 0.3) is 0 Å². The topological polar surface area (TPSA) is 73.2 Å². The summed E-state index contributed by atoms with van der Waals surface area (Å²) in [6.45, 7) is 5.88. The van der Waals surface area contributed by atoms with Crippen LogP contribution in [0.3, 0.4) is 0 Å². The van der Waals surface area contributed by atoms with Gasteiger partial charge < -0.3 is 0 Å². The van der Waals surface area contributed by atoms with Crippen molar-refractivity contribution in [3.05, 3.63) is 0 Å². The number of piperidine rings is 1. The third-order valence-electron chi connectivity index (χ3n) is 3.24. The Morgan fingerprint density at radius 3 is 2.41 bits per heavy atom. The molecule has 0 aromatic heterocycles. The van der Waals surface area contributed by atoms with E-state index in [1.54, 1.807) is 6.07 Å². The molecule has 1 N–H and O–H groups in total. The summed E-state index contributed by atoms with van der Waals surface area (Å²) in [7, 11) is -3.48. The molecule has 0 aromatic rings. The van der Waals surface area contributed by atoms with Crippen molar-refractivity contribution in [2.75, 3.05) is 19.6 Å². The van der Waals surface area contributed by atoms with Crippen LogP contribution in [-0.4, -0.2) is 44.2 Å². The van der Waals surface area contributed by atoms with E-state index in [9.17, 15) is 8.42 Å². The van der Waals surface area contributed by atoms with Crippen molar-refractivity contribution in [3.63, 3.8) is 0 Å². The van der Waals surface area contributed by atoms with Crippen LogP contribution >= 0.6 is 0 Å². The SMILES string of the molecule is CC(CNS(=O)(=O)C(C)C#N)N1CCCCC1. The molecule has 0 aliphatic carbocycles. The van der Waals surface area contributed by atoms with Crippen molar-refractivity contribution in [3.8, 4) is 6.07 Å². The smallest absolute Gasteiger partial charge is 0.227 e. The standard InChI is InChI=1S/C11H21N3O2S/c1-10(14-6-4-3-5-7-14)9-13-17(15,16)11(2)8-12/h10-11,13H,3-7,9H2,1-2H3. The van der Waals surface area contributed by atoms with Gasteiger partial charge in [0, 0.05) is 12.6 Å². The molecule has 0 radical (unpaired) electrons. The van der Waals surface area contributed by atoms with Gasteiger partial charge in [-0.1, -0.05) is 6.42 Å². The van der Waals surface area contributed by atoms with Crippen LogP contribution in [0.1, 0.15) is 33.1 Å². The van der Waals surface area contributed by atoms with E-state index < -0.39 is 15.3 Å². The van der Waals surface area contributed by atoms with Gasteiger partial charge in [0.05, 0.1) is 6.07 Å². The van der Waals surface area contributed by atoms with Gasteiger partial charge in [-0.3, -0.25) is 4.90 Å². The molecular formula is C11H21N3O2S. The summed E-state index contributed by atoms with van der Waals surface area (Å²) in [4.78, 5) is 2.29. The van der Waals surface area contributed by atoms with E-state index >= 15 is 0 Å². The van der Waals surface area contributed by atoms with Crippen molar-refractivity contribution in [2.45, 2.75) is 44.4 Å². The van der Waals surface area contributed by atoms with Crippen molar-refractivity contribution in [2.24, 2.45) is 0 Å². The molecule has 0 aromatic carbocycles. The molecule has 2 atom stereocenters. The number of nitrogens with zero attached hydrogens (tertiary/aromatic N) is 2. The Morgan fingerprint density at radius 1 is 1.29 bits per heavy atom. The maximum absolute atomic E-state index is 11.6. The lowest BCUT2D eigenvalue weighted by molar-refractivity contribution is 0.175. The predicted octanol–water partition coefficient (Wildman–Crippen LogP) is 0.692. The lowest BCUT2D eigenvalue weighted by Gasteiger charge is -2.32. The molecule has 98 valence electrons. The second-order valence-corrected chi connectivity index (χ2v) is 6.70. The molecule has 1 aliphatic rings. The van der Waals surface area contributed by atoms with Crippen molar-refractivity contribution >= 4 is 10.0 Å². The van der Waals surface area contributed by atoms with Gasteiger partial charge in [-0.2, -0.15) is 5.26 Å². The minimum Gasteiger partial charge on any atom is -0.299 e. The fourth-order valence-corrected chi connectivity index (χ4v) is 2.78. The first kappa shape index (κ1) is 14.4. The number of sulfonamides is 1. The molecule has 0 amide bonds. The summed E-state index contributed by atoms with van der Waals surface area (Å²) >= 11 is 0. The first-order chi connectivity index (χ1) is 7.97. The minimum atomic E-state index is -3.48. The van der Waals surface area contributed by atoms with Gasteiger partial charge >= 0.3 is 0 Å². The Labute approximate surface area is 104 Å². The van der Waals surface area contributed by atoms with Crippen LogP contribution in [-0.2, 0) is 10.0 Å². The highest BCUT2D eigenvalue weighted by atomic mass is 32.2. The second-order valence-electron chi connectivity index (χ2n) is 4.61. The molecule has 5 nitrogen and oxygen atoms in total. The molecule has 0 bridgehead atoms. The molecule has 6 heteroatoms. The Bertz CT molecular complexity index is 369. The molecule has 0 saturated carbocycles. The molecule has 1 saturated heterocycles. The maximum atomic E-state index is 11.6. The number of nitriles is 1. The monoisotopic (exact) mass is 259 g/mol. The van der Waals surface area contributed by atoms with E-state index in [0.29, 0.717) is 6.54 Å². The summed E-state index contributed by atoms with van der Waals surface area (Å²) in [5, 5.41) is 7.62. The van der Waals surface area contributed by atoms with E-state index in [-0.39, 0.29) is 6.04 Å². The van der Waals surface area contributed by atoms with Crippen LogP contribution in [0.25, 0.3) is 0 Å². The van der Waals surface area contributed by atoms with Crippen LogP contribution < -0.4 is 4.72 Å². The number of hydrogen-bond acceptors (Lipinski definition) is 4. The lowest BCUT2D eigenvalue weighted by atomic mass is 10.1. The lowest BCUT2D eigenvalue weighted by Crippen LogP contribution is -2.45. The maximum Gasteiger partial charge on any atom is 0.227 e. The Hall–Kier alpha value is -0.640. The van der Waals surface area contributed by atoms with Crippen molar-refractivity contribution in [1.82, 2.24) is 9.62 Å². The quantitative estimate of drug-likeness (QED) is 0.788. The molecule has 0 spiro atoms. The third-order valence-corrected chi connectivity index (χ3v) is 4.85. The van der Waals surface area contributed by atoms with Crippen LogP contribution in [0.15, 0.2) is 0 Å². The highest BCUT2D eigenvalue weighted by Gasteiger charge is 2.22. The second kappa shape index (κ2) is 6.34.